The quantitative estimate of drug-likeness (QED) is 0.631. The van der Waals surface area contributed by atoms with Crippen LogP contribution in [-0.2, 0) is 4.79 Å². The van der Waals surface area contributed by atoms with Crippen molar-refractivity contribution in [3.05, 3.63) is 24.7 Å². The van der Waals surface area contributed by atoms with Gasteiger partial charge in [0.1, 0.15) is 11.5 Å². The van der Waals surface area contributed by atoms with Crippen molar-refractivity contribution >= 4 is 11.7 Å². The number of hydrogen-bond acceptors (Lipinski definition) is 2. The van der Waals surface area contributed by atoms with E-state index in [1.54, 1.807) is 0 Å². The van der Waals surface area contributed by atoms with Crippen LogP contribution in [0.5, 0.6) is 0 Å². The maximum Gasteiger partial charge on any atom is 0.354 e. The molecule has 0 saturated carbocycles. The van der Waals surface area contributed by atoms with Gasteiger partial charge in [0.2, 0.25) is 0 Å². The highest BCUT2D eigenvalue weighted by atomic mass is 19.1. The van der Waals surface area contributed by atoms with Crippen molar-refractivity contribution < 1.29 is 14.3 Å². The van der Waals surface area contributed by atoms with Crippen LogP contribution in [0.25, 0.3) is 0 Å². The van der Waals surface area contributed by atoms with E-state index in [1.165, 1.54) is 6.92 Å². The van der Waals surface area contributed by atoms with Gasteiger partial charge >= 0.3 is 5.97 Å². The molecule has 11 heavy (non-hydrogen) atoms. The molecule has 0 aliphatic rings. The van der Waals surface area contributed by atoms with E-state index in [0.717, 1.165) is 12.3 Å². The van der Waals surface area contributed by atoms with Gasteiger partial charge in [0.25, 0.3) is 0 Å². The molecule has 0 fully saturated rings. The van der Waals surface area contributed by atoms with Crippen molar-refractivity contribution in [1.29, 1.82) is 0 Å². The third-order valence-corrected chi connectivity index (χ3v) is 0.794. The first-order valence-corrected chi connectivity index (χ1v) is 2.83. The van der Waals surface area contributed by atoms with E-state index < -0.39 is 11.8 Å². The molecule has 0 aliphatic carbocycles. The summed E-state index contributed by atoms with van der Waals surface area (Å²) in [6.45, 7) is 4.37. The molecule has 0 aromatic heterocycles. The molecule has 3 nitrogen and oxygen atoms in total. The predicted octanol–water partition coefficient (Wildman–Crippen LogP) is 1.53. The van der Waals surface area contributed by atoms with Crippen molar-refractivity contribution in [1.82, 2.24) is 0 Å². The summed E-state index contributed by atoms with van der Waals surface area (Å²) in [6, 6.07) is 0. The summed E-state index contributed by atoms with van der Waals surface area (Å²) in [4.78, 5) is 13.5. The summed E-state index contributed by atoms with van der Waals surface area (Å²) in [5.41, 5.74) is -0.276. The van der Waals surface area contributed by atoms with Crippen molar-refractivity contribution in [2.24, 2.45) is 4.99 Å². The maximum atomic E-state index is 12.0. The number of rotatable bonds is 3. The summed E-state index contributed by atoms with van der Waals surface area (Å²) in [7, 11) is 0. The zero-order valence-corrected chi connectivity index (χ0v) is 6.04. The fourth-order valence-electron chi connectivity index (χ4n) is 0.354. The van der Waals surface area contributed by atoms with Crippen molar-refractivity contribution in [3.63, 3.8) is 0 Å². The van der Waals surface area contributed by atoms with Crippen molar-refractivity contribution in [2.75, 3.05) is 0 Å². The maximum absolute atomic E-state index is 12.0. The Morgan fingerprint density at radius 2 is 2.27 bits per heavy atom. The molecule has 0 aromatic rings. The van der Waals surface area contributed by atoms with Gasteiger partial charge < -0.3 is 5.11 Å². The number of carboxylic acids is 1. The zero-order chi connectivity index (χ0) is 8.85. The average molecular weight is 157 g/mol. The van der Waals surface area contributed by atoms with Crippen LogP contribution in [0.15, 0.2) is 29.7 Å². The predicted molar refractivity (Wildman–Crippen MR) is 40.1 cm³/mol. The van der Waals surface area contributed by atoms with Crippen molar-refractivity contribution in [2.45, 2.75) is 6.92 Å². The Balaban J connectivity index is 4.50. The molecule has 0 unspecified atom stereocenters. The second-order valence-electron chi connectivity index (χ2n) is 1.74. The van der Waals surface area contributed by atoms with Crippen LogP contribution in [-0.4, -0.2) is 16.8 Å². The molecule has 1 N–H and O–H groups in total. The molecule has 0 atom stereocenters. The molecular weight excluding hydrogens is 149 g/mol. The van der Waals surface area contributed by atoms with E-state index in [4.69, 9.17) is 5.11 Å². The molecule has 0 heterocycles. The monoisotopic (exact) mass is 157 g/mol. The largest absolute Gasteiger partial charge is 0.477 e. The number of aliphatic carboxylic acids is 1. The highest BCUT2D eigenvalue weighted by Gasteiger charge is 2.01. The fraction of sp³-hybridized carbons (Fsp3) is 0.143. The van der Waals surface area contributed by atoms with Crippen LogP contribution in [0.3, 0.4) is 0 Å². The Morgan fingerprint density at radius 1 is 1.73 bits per heavy atom. The van der Waals surface area contributed by atoms with Gasteiger partial charge in [-0.25, -0.2) is 14.2 Å². The van der Waals surface area contributed by atoms with Gasteiger partial charge in [0.15, 0.2) is 0 Å². The molecule has 4 heteroatoms. The molecule has 0 radical (unpaired) electrons. The Bertz CT molecular complexity index is 227. The molecule has 0 saturated heterocycles. The van der Waals surface area contributed by atoms with Gasteiger partial charge in [-0.3, -0.25) is 0 Å². The summed E-state index contributed by atoms with van der Waals surface area (Å²) < 4.78 is 12.0. The molecule has 0 spiro atoms. The lowest BCUT2D eigenvalue weighted by atomic mass is 10.4. The number of carboxylic acid groups (broad SMARTS) is 1. The Kier molecular flexibility index (Phi) is 3.80. The van der Waals surface area contributed by atoms with Crippen LogP contribution in [0.4, 0.5) is 4.39 Å². The van der Waals surface area contributed by atoms with E-state index in [-0.39, 0.29) is 5.71 Å². The van der Waals surface area contributed by atoms with E-state index in [9.17, 15) is 9.18 Å². The van der Waals surface area contributed by atoms with Gasteiger partial charge in [0.05, 0.1) is 6.20 Å². The number of halogens is 1. The SMILES string of the molecule is C=C/C(=N\C=C(/C)F)C(=O)O. The number of allylic oxidation sites excluding steroid dienone is 1. The van der Waals surface area contributed by atoms with E-state index in [1.807, 2.05) is 0 Å². The highest BCUT2D eigenvalue weighted by Crippen LogP contribution is 1.93. The number of carbonyl (C=O) groups is 1. The zero-order valence-electron chi connectivity index (χ0n) is 6.04. The standard InChI is InChI=1S/C7H8FNO2/c1-3-6(7(10)11)9-4-5(2)8/h3-4H,1H2,2H3,(H,10,11)/b5-4+,9-6+. The molecular formula is C7H8FNO2. The van der Waals surface area contributed by atoms with Crippen LogP contribution in [0, 0.1) is 0 Å². The first-order valence-electron chi connectivity index (χ1n) is 2.83. The minimum absolute atomic E-state index is 0.276. The molecule has 0 amide bonds. The smallest absolute Gasteiger partial charge is 0.354 e. The molecule has 0 bridgehead atoms. The van der Waals surface area contributed by atoms with Crippen LogP contribution in [0.2, 0.25) is 0 Å². The number of nitrogens with zero attached hydrogens (tertiary/aromatic N) is 1. The van der Waals surface area contributed by atoms with E-state index >= 15 is 0 Å². The Hall–Kier alpha value is -1.45. The van der Waals surface area contributed by atoms with Gasteiger partial charge in [-0.1, -0.05) is 6.58 Å². The second kappa shape index (κ2) is 4.38. The first-order chi connectivity index (χ1) is 5.07. The lowest BCUT2D eigenvalue weighted by molar-refractivity contribution is -0.129. The molecule has 0 aromatic carbocycles. The molecule has 0 rings (SSSR count). The lowest BCUT2D eigenvalue weighted by Crippen LogP contribution is -2.08. The topological polar surface area (TPSA) is 49.7 Å². The van der Waals surface area contributed by atoms with Crippen LogP contribution < -0.4 is 0 Å². The lowest BCUT2D eigenvalue weighted by Gasteiger charge is -1.88. The Morgan fingerprint density at radius 3 is 2.55 bits per heavy atom. The Labute approximate surface area is 63.6 Å². The van der Waals surface area contributed by atoms with Gasteiger partial charge in [-0.05, 0) is 13.0 Å². The fourth-order valence-corrected chi connectivity index (χ4v) is 0.354. The van der Waals surface area contributed by atoms with Gasteiger partial charge in [-0.15, -0.1) is 0 Å². The van der Waals surface area contributed by atoms with Gasteiger partial charge in [-0.2, -0.15) is 0 Å². The minimum Gasteiger partial charge on any atom is -0.477 e. The van der Waals surface area contributed by atoms with Crippen LogP contribution in [0.1, 0.15) is 6.92 Å². The summed E-state index contributed by atoms with van der Waals surface area (Å²) >= 11 is 0. The second-order valence-corrected chi connectivity index (χ2v) is 1.74. The highest BCUT2D eigenvalue weighted by molar-refractivity contribution is 6.40. The summed E-state index contributed by atoms with van der Waals surface area (Å²) in [6.07, 6.45) is 1.87. The minimum atomic E-state index is -1.22. The third-order valence-electron chi connectivity index (χ3n) is 0.794. The average Bonchev–Trinajstić information content (AvgIpc) is 1.87. The number of hydrogen-bond donors (Lipinski definition) is 1. The first kappa shape index (κ1) is 9.55. The molecule has 60 valence electrons. The van der Waals surface area contributed by atoms with Gasteiger partial charge in [0, 0.05) is 0 Å². The number of aliphatic imine (C=N–C) groups is 1. The third kappa shape index (κ3) is 4.02. The van der Waals surface area contributed by atoms with Crippen LogP contribution >= 0.6 is 0 Å². The molecule has 0 aliphatic heterocycles. The summed E-state index contributed by atoms with van der Waals surface area (Å²) in [5, 5.41) is 8.33. The van der Waals surface area contributed by atoms with E-state index in [0.29, 0.717) is 0 Å². The van der Waals surface area contributed by atoms with E-state index in [2.05, 4.69) is 11.6 Å². The summed E-state index contributed by atoms with van der Waals surface area (Å²) in [5.74, 6) is -1.77. The van der Waals surface area contributed by atoms with Crippen molar-refractivity contribution in [3.8, 4) is 0 Å². The normalized spacial score (nSPS) is 12.9.